The lowest BCUT2D eigenvalue weighted by atomic mass is 10.1. The molecule has 0 aromatic carbocycles. The Morgan fingerprint density at radius 1 is 1.50 bits per heavy atom. The summed E-state index contributed by atoms with van der Waals surface area (Å²) in [5, 5.41) is 2.84. The molecule has 0 radical (unpaired) electrons. The molecule has 3 N–H and O–H groups in total. The van der Waals surface area contributed by atoms with Crippen LogP contribution in [-0.2, 0) is 4.79 Å². The summed E-state index contributed by atoms with van der Waals surface area (Å²) < 4.78 is 0. The molecule has 4 nitrogen and oxygen atoms in total. The summed E-state index contributed by atoms with van der Waals surface area (Å²) in [6, 6.07) is 0.0133. The maximum absolute atomic E-state index is 11.3. The Bertz CT molecular complexity index is 159. The fourth-order valence-corrected chi connectivity index (χ4v) is 1.20. The third-order valence-corrected chi connectivity index (χ3v) is 1.99. The Kier molecular flexibility index (Phi) is 7.42. The molecule has 0 heterocycles. The summed E-state index contributed by atoms with van der Waals surface area (Å²) in [5.74, 6) is 0.0628. The van der Waals surface area contributed by atoms with Crippen LogP contribution in [0, 0.1) is 0 Å². The van der Waals surface area contributed by atoms with Crippen LogP contribution < -0.4 is 11.1 Å². The van der Waals surface area contributed by atoms with E-state index in [2.05, 4.69) is 12.2 Å². The van der Waals surface area contributed by atoms with E-state index < -0.39 is 0 Å². The summed E-state index contributed by atoms with van der Waals surface area (Å²) in [6.07, 6.45) is 2.40. The van der Waals surface area contributed by atoms with Gasteiger partial charge in [0.05, 0.1) is 0 Å². The summed E-state index contributed by atoms with van der Waals surface area (Å²) >= 11 is 0. The van der Waals surface area contributed by atoms with E-state index >= 15 is 0 Å². The van der Waals surface area contributed by atoms with Crippen molar-refractivity contribution in [2.45, 2.75) is 32.2 Å². The molecular formula is C10H23N3O. The second kappa shape index (κ2) is 7.76. The molecule has 1 unspecified atom stereocenters. The van der Waals surface area contributed by atoms with Gasteiger partial charge in [0.1, 0.15) is 0 Å². The first-order valence-corrected chi connectivity index (χ1v) is 5.23. The molecular weight excluding hydrogens is 178 g/mol. The van der Waals surface area contributed by atoms with Gasteiger partial charge in [0.25, 0.3) is 0 Å². The first kappa shape index (κ1) is 13.4. The van der Waals surface area contributed by atoms with Gasteiger partial charge < -0.3 is 16.0 Å². The first-order valence-electron chi connectivity index (χ1n) is 5.23. The highest BCUT2D eigenvalue weighted by atomic mass is 16.1. The van der Waals surface area contributed by atoms with Gasteiger partial charge in [-0.1, -0.05) is 13.3 Å². The van der Waals surface area contributed by atoms with Crippen LogP contribution in [0.4, 0.5) is 0 Å². The number of carbonyl (C=O) groups excluding carboxylic acids is 1. The summed E-state index contributed by atoms with van der Waals surface area (Å²) in [5.41, 5.74) is 5.75. The fourth-order valence-electron chi connectivity index (χ4n) is 1.20. The van der Waals surface area contributed by atoms with Gasteiger partial charge in [0, 0.05) is 25.6 Å². The average molecular weight is 201 g/mol. The third kappa shape index (κ3) is 8.01. The Balaban J connectivity index is 3.45. The molecule has 1 atom stereocenters. The number of rotatable bonds is 7. The number of hydrogen-bond donors (Lipinski definition) is 2. The smallest absolute Gasteiger partial charge is 0.221 e. The predicted molar refractivity (Wildman–Crippen MR) is 59.1 cm³/mol. The number of carbonyl (C=O) groups is 1. The Hall–Kier alpha value is -0.610. The Morgan fingerprint density at radius 2 is 2.14 bits per heavy atom. The van der Waals surface area contributed by atoms with E-state index in [0.29, 0.717) is 13.0 Å². The second-order valence-electron chi connectivity index (χ2n) is 3.91. The van der Waals surface area contributed by atoms with E-state index in [1.165, 1.54) is 0 Å². The second-order valence-corrected chi connectivity index (χ2v) is 3.91. The van der Waals surface area contributed by atoms with E-state index in [4.69, 9.17) is 5.73 Å². The fraction of sp³-hybridized carbons (Fsp3) is 0.900. The summed E-state index contributed by atoms with van der Waals surface area (Å²) in [6.45, 7) is 3.64. The molecule has 0 saturated carbocycles. The highest BCUT2D eigenvalue weighted by molar-refractivity contribution is 5.76. The largest absolute Gasteiger partial charge is 0.355 e. The molecule has 84 valence electrons. The number of amides is 1. The molecule has 0 aromatic heterocycles. The van der Waals surface area contributed by atoms with E-state index in [0.717, 1.165) is 19.4 Å². The van der Waals surface area contributed by atoms with Crippen molar-refractivity contribution in [3.63, 3.8) is 0 Å². The molecule has 0 saturated heterocycles. The molecule has 0 spiro atoms. The minimum absolute atomic E-state index is 0.0133. The van der Waals surface area contributed by atoms with Gasteiger partial charge in [-0.3, -0.25) is 4.79 Å². The van der Waals surface area contributed by atoms with Gasteiger partial charge in [-0.15, -0.1) is 0 Å². The highest BCUT2D eigenvalue weighted by Gasteiger charge is 2.07. The van der Waals surface area contributed by atoms with Gasteiger partial charge in [-0.25, -0.2) is 0 Å². The zero-order chi connectivity index (χ0) is 11.0. The van der Waals surface area contributed by atoms with Crippen molar-refractivity contribution in [1.82, 2.24) is 10.2 Å². The minimum atomic E-state index is 0.0133. The van der Waals surface area contributed by atoms with Crippen molar-refractivity contribution >= 4 is 5.91 Å². The van der Waals surface area contributed by atoms with Crippen LogP contribution in [0.15, 0.2) is 0 Å². The molecule has 0 aliphatic carbocycles. The third-order valence-electron chi connectivity index (χ3n) is 1.99. The zero-order valence-corrected chi connectivity index (χ0v) is 9.55. The molecule has 0 aliphatic heterocycles. The number of nitrogens with two attached hydrogens (primary N) is 1. The topological polar surface area (TPSA) is 58.4 Å². The minimum Gasteiger partial charge on any atom is -0.355 e. The number of likely N-dealkylation sites (N-methyl/N-ethyl adjacent to an activating group) is 1. The number of hydrogen-bond acceptors (Lipinski definition) is 3. The van der Waals surface area contributed by atoms with Crippen LogP contribution in [0.25, 0.3) is 0 Å². The Morgan fingerprint density at radius 3 is 2.64 bits per heavy atom. The maximum Gasteiger partial charge on any atom is 0.221 e. The lowest BCUT2D eigenvalue weighted by molar-refractivity contribution is -0.121. The maximum atomic E-state index is 11.3. The quantitative estimate of drug-likeness (QED) is 0.618. The van der Waals surface area contributed by atoms with Crippen LogP contribution in [0.5, 0.6) is 0 Å². The van der Waals surface area contributed by atoms with Crippen LogP contribution in [-0.4, -0.2) is 44.0 Å². The predicted octanol–water partition coefficient (Wildman–Crippen LogP) is 0.182. The van der Waals surface area contributed by atoms with Crippen molar-refractivity contribution < 1.29 is 4.79 Å². The van der Waals surface area contributed by atoms with Crippen molar-refractivity contribution in [3.8, 4) is 0 Å². The van der Waals surface area contributed by atoms with Crippen LogP contribution in [0.3, 0.4) is 0 Å². The normalized spacial score (nSPS) is 12.9. The van der Waals surface area contributed by atoms with Gasteiger partial charge in [-0.05, 0) is 20.5 Å². The molecule has 4 heteroatoms. The highest BCUT2D eigenvalue weighted by Crippen LogP contribution is 1.97. The first-order chi connectivity index (χ1) is 6.56. The van der Waals surface area contributed by atoms with Crippen molar-refractivity contribution in [1.29, 1.82) is 0 Å². The molecule has 1 amide bonds. The van der Waals surface area contributed by atoms with Crippen molar-refractivity contribution in [2.75, 3.05) is 27.2 Å². The zero-order valence-electron chi connectivity index (χ0n) is 9.55. The van der Waals surface area contributed by atoms with Gasteiger partial charge in [-0.2, -0.15) is 0 Å². The standard InChI is InChI=1S/C10H23N3O/c1-4-5-9(11)8-10(14)12-6-7-13(2)3/h9H,4-8,11H2,1-3H3,(H,12,14). The summed E-state index contributed by atoms with van der Waals surface area (Å²) in [7, 11) is 3.96. The van der Waals surface area contributed by atoms with E-state index in [1.807, 2.05) is 19.0 Å². The lowest BCUT2D eigenvalue weighted by Crippen LogP contribution is -2.35. The number of nitrogens with one attached hydrogen (secondary N) is 1. The van der Waals surface area contributed by atoms with Crippen molar-refractivity contribution in [3.05, 3.63) is 0 Å². The molecule has 0 fully saturated rings. The van der Waals surface area contributed by atoms with Gasteiger partial charge in [0.15, 0.2) is 0 Å². The lowest BCUT2D eigenvalue weighted by Gasteiger charge is -2.12. The van der Waals surface area contributed by atoms with E-state index in [-0.39, 0.29) is 11.9 Å². The van der Waals surface area contributed by atoms with E-state index in [9.17, 15) is 4.79 Å². The number of nitrogens with zero attached hydrogens (tertiary/aromatic N) is 1. The monoisotopic (exact) mass is 201 g/mol. The van der Waals surface area contributed by atoms with E-state index in [1.54, 1.807) is 0 Å². The molecule has 0 bridgehead atoms. The van der Waals surface area contributed by atoms with Crippen LogP contribution in [0.1, 0.15) is 26.2 Å². The average Bonchev–Trinajstić information content (AvgIpc) is 2.03. The van der Waals surface area contributed by atoms with Gasteiger partial charge in [0.2, 0.25) is 5.91 Å². The Labute approximate surface area is 86.8 Å². The SMILES string of the molecule is CCCC(N)CC(=O)NCCN(C)C. The summed E-state index contributed by atoms with van der Waals surface area (Å²) in [4.78, 5) is 13.3. The van der Waals surface area contributed by atoms with Gasteiger partial charge >= 0.3 is 0 Å². The van der Waals surface area contributed by atoms with Crippen LogP contribution >= 0.6 is 0 Å². The van der Waals surface area contributed by atoms with Crippen molar-refractivity contribution in [2.24, 2.45) is 5.73 Å². The van der Waals surface area contributed by atoms with Crippen LogP contribution in [0.2, 0.25) is 0 Å². The molecule has 14 heavy (non-hydrogen) atoms. The molecule has 0 aliphatic rings. The molecule has 0 aromatic rings. The molecule has 0 rings (SSSR count).